The first-order valence-electron chi connectivity index (χ1n) is 4.98. The molecule has 0 aromatic heterocycles. The largest absolute Gasteiger partial charge is 0.394 e. The van der Waals surface area contributed by atoms with Gasteiger partial charge in [-0.2, -0.15) is 0 Å². The van der Waals surface area contributed by atoms with Gasteiger partial charge >= 0.3 is 0 Å². The molecule has 0 spiro atoms. The van der Waals surface area contributed by atoms with Gasteiger partial charge in [0, 0.05) is 19.7 Å². The zero-order valence-electron chi connectivity index (χ0n) is 8.32. The summed E-state index contributed by atoms with van der Waals surface area (Å²) in [7, 11) is 0. The van der Waals surface area contributed by atoms with Crippen molar-refractivity contribution < 1.29 is 14.6 Å². The minimum atomic E-state index is -0.298. The molecular formula is C9H18N2O3. The van der Waals surface area contributed by atoms with Crippen LogP contribution in [0.5, 0.6) is 0 Å². The molecule has 0 aromatic rings. The van der Waals surface area contributed by atoms with Crippen molar-refractivity contribution in [2.24, 2.45) is 5.73 Å². The first kappa shape index (κ1) is 11.4. The predicted molar refractivity (Wildman–Crippen MR) is 51.7 cm³/mol. The number of hydrogen-bond donors (Lipinski definition) is 2. The van der Waals surface area contributed by atoms with E-state index in [0.29, 0.717) is 19.8 Å². The molecule has 0 aromatic carbocycles. The van der Waals surface area contributed by atoms with Gasteiger partial charge in [0.25, 0.3) is 0 Å². The van der Waals surface area contributed by atoms with Crippen molar-refractivity contribution in [3.05, 3.63) is 0 Å². The van der Waals surface area contributed by atoms with Gasteiger partial charge in [0.1, 0.15) is 0 Å². The lowest BCUT2D eigenvalue weighted by Crippen LogP contribution is -2.34. The van der Waals surface area contributed by atoms with Crippen LogP contribution in [0.1, 0.15) is 12.8 Å². The van der Waals surface area contributed by atoms with Gasteiger partial charge in [-0.15, -0.1) is 0 Å². The monoisotopic (exact) mass is 202 g/mol. The van der Waals surface area contributed by atoms with Gasteiger partial charge in [-0.25, -0.2) is 0 Å². The molecule has 0 saturated carbocycles. The first-order valence-corrected chi connectivity index (χ1v) is 4.98. The molecule has 0 bridgehead atoms. The fourth-order valence-electron chi connectivity index (χ4n) is 1.51. The quantitative estimate of drug-likeness (QED) is 0.539. The van der Waals surface area contributed by atoms with Gasteiger partial charge in [0.15, 0.2) is 0 Å². The lowest BCUT2D eigenvalue weighted by molar-refractivity contribution is -0.128. The Bertz CT molecular complexity index is 187. The fraction of sp³-hybridized carbons (Fsp3) is 0.889. The number of carbonyl (C=O) groups is 1. The second-order valence-corrected chi connectivity index (χ2v) is 3.41. The van der Waals surface area contributed by atoms with Crippen molar-refractivity contribution in [3.8, 4) is 0 Å². The zero-order valence-corrected chi connectivity index (χ0v) is 8.32. The van der Waals surface area contributed by atoms with E-state index in [1.807, 2.05) is 0 Å². The van der Waals surface area contributed by atoms with Gasteiger partial charge in [-0.3, -0.25) is 4.79 Å². The number of aliphatic hydroxyl groups is 1. The Kier molecular flexibility index (Phi) is 4.86. The van der Waals surface area contributed by atoms with E-state index in [2.05, 4.69) is 0 Å². The SMILES string of the molecule is NC1CCN(CCCOCCO)C1=O. The molecule has 1 heterocycles. The van der Waals surface area contributed by atoms with E-state index < -0.39 is 0 Å². The fourth-order valence-corrected chi connectivity index (χ4v) is 1.51. The Morgan fingerprint density at radius 2 is 2.36 bits per heavy atom. The number of carbonyl (C=O) groups excluding carboxylic acids is 1. The number of aliphatic hydroxyl groups excluding tert-OH is 1. The van der Waals surface area contributed by atoms with E-state index >= 15 is 0 Å². The standard InChI is InChI=1S/C9H18N2O3/c10-8-2-4-11(9(8)13)3-1-6-14-7-5-12/h8,12H,1-7,10H2. The van der Waals surface area contributed by atoms with E-state index in [9.17, 15) is 4.79 Å². The van der Waals surface area contributed by atoms with Crippen LogP contribution in [0.2, 0.25) is 0 Å². The second kappa shape index (κ2) is 5.95. The van der Waals surface area contributed by atoms with Gasteiger partial charge in [0.2, 0.25) is 5.91 Å². The molecule has 3 N–H and O–H groups in total. The first-order chi connectivity index (χ1) is 6.75. The highest BCUT2D eigenvalue weighted by molar-refractivity contribution is 5.83. The Balaban J connectivity index is 2.04. The maximum atomic E-state index is 11.3. The molecule has 0 radical (unpaired) electrons. The third-order valence-electron chi connectivity index (χ3n) is 2.29. The van der Waals surface area contributed by atoms with Crippen molar-refractivity contribution in [1.29, 1.82) is 0 Å². The molecule has 1 atom stereocenters. The van der Waals surface area contributed by atoms with Crippen LogP contribution in [0.25, 0.3) is 0 Å². The van der Waals surface area contributed by atoms with Gasteiger partial charge in [0.05, 0.1) is 19.3 Å². The summed E-state index contributed by atoms with van der Waals surface area (Å²) in [4.78, 5) is 13.1. The summed E-state index contributed by atoms with van der Waals surface area (Å²) in [5.41, 5.74) is 5.57. The smallest absolute Gasteiger partial charge is 0.239 e. The Morgan fingerprint density at radius 1 is 1.57 bits per heavy atom. The molecule has 82 valence electrons. The number of nitrogens with two attached hydrogens (primary N) is 1. The highest BCUT2D eigenvalue weighted by Gasteiger charge is 2.27. The summed E-state index contributed by atoms with van der Waals surface area (Å²) in [6.07, 6.45) is 1.56. The van der Waals surface area contributed by atoms with Crippen LogP contribution >= 0.6 is 0 Å². The van der Waals surface area contributed by atoms with Gasteiger partial charge in [-0.05, 0) is 12.8 Å². The molecule has 5 nitrogen and oxygen atoms in total. The second-order valence-electron chi connectivity index (χ2n) is 3.41. The van der Waals surface area contributed by atoms with Crippen LogP contribution in [-0.2, 0) is 9.53 Å². The van der Waals surface area contributed by atoms with Gasteiger partial charge < -0.3 is 20.5 Å². The summed E-state index contributed by atoms with van der Waals surface area (Å²) >= 11 is 0. The maximum absolute atomic E-state index is 11.3. The topological polar surface area (TPSA) is 75.8 Å². The van der Waals surface area contributed by atoms with E-state index in [-0.39, 0.29) is 18.6 Å². The molecule has 0 aliphatic carbocycles. The predicted octanol–water partition coefficient (Wildman–Crippen LogP) is -1.05. The highest BCUT2D eigenvalue weighted by atomic mass is 16.5. The minimum Gasteiger partial charge on any atom is -0.394 e. The number of likely N-dealkylation sites (tertiary alicyclic amines) is 1. The Hall–Kier alpha value is -0.650. The number of ether oxygens (including phenoxy) is 1. The lowest BCUT2D eigenvalue weighted by Gasteiger charge is -2.15. The van der Waals surface area contributed by atoms with Crippen molar-refractivity contribution in [1.82, 2.24) is 4.90 Å². The number of rotatable bonds is 6. The summed E-state index contributed by atoms with van der Waals surface area (Å²) < 4.78 is 5.09. The molecular weight excluding hydrogens is 184 g/mol. The molecule has 1 fully saturated rings. The zero-order chi connectivity index (χ0) is 10.4. The molecule has 1 rings (SSSR count). The van der Waals surface area contributed by atoms with Gasteiger partial charge in [-0.1, -0.05) is 0 Å². The van der Waals surface area contributed by atoms with E-state index in [1.54, 1.807) is 4.90 Å². The van der Waals surface area contributed by atoms with Crippen molar-refractivity contribution in [2.45, 2.75) is 18.9 Å². The molecule has 1 aliphatic heterocycles. The third-order valence-corrected chi connectivity index (χ3v) is 2.29. The highest BCUT2D eigenvalue weighted by Crippen LogP contribution is 2.08. The van der Waals surface area contributed by atoms with Crippen molar-refractivity contribution in [3.63, 3.8) is 0 Å². The van der Waals surface area contributed by atoms with Crippen molar-refractivity contribution >= 4 is 5.91 Å². The van der Waals surface area contributed by atoms with Crippen LogP contribution in [0.15, 0.2) is 0 Å². The molecule has 14 heavy (non-hydrogen) atoms. The van der Waals surface area contributed by atoms with Crippen LogP contribution in [0.4, 0.5) is 0 Å². The molecule has 1 unspecified atom stereocenters. The Labute approximate surface area is 83.8 Å². The van der Waals surface area contributed by atoms with E-state index in [0.717, 1.165) is 19.4 Å². The van der Waals surface area contributed by atoms with Crippen LogP contribution in [0.3, 0.4) is 0 Å². The Morgan fingerprint density at radius 3 is 2.93 bits per heavy atom. The van der Waals surface area contributed by atoms with Crippen LogP contribution < -0.4 is 5.73 Å². The summed E-state index contributed by atoms with van der Waals surface area (Å²) in [6.45, 7) is 2.47. The maximum Gasteiger partial charge on any atom is 0.239 e. The lowest BCUT2D eigenvalue weighted by atomic mass is 10.3. The average molecular weight is 202 g/mol. The van der Waals surface area contributed by atoms with E-state index in [1.165, 1.54) is 0 Å². The van der Waals surface area contributed by atoms with Crippen LogP contribution in [-0.4, -0.2) is 54.9 Å². The molecule has 5 heteroatoms. The number of amides is 1. The number of hydrogen-bond acceptors (Lipinski definition) is 4. The summed E-state index contributed by atoms with van der Waals surface area (Å²) in [6, 6.07) is -0.298. The summed E-state index contributed by atoms with van der Waals surface area (Å²) in [5.74, 6) is 0.0483. The number of nitrogens with zero attached hydrogens (tertiary/aromatic N) is 1. The minimum absolute atomic E-state index is 0.0483. The molecule has 1 saturated heterocycles. The van der Waals surface area contributed by atoms with Crippen LogP contribution in [0, 0.1) is 0 Å². The average Bonchev–Trinajstić information content (AvgIpc) is 2.49. The summed E-state index contributed by atoms with van der Waals surface area (Å²) in [5, 5.41) is 8.45. The molecule has 1 amide bonds. The third kappa shape index (κ3) is 3.25. The van der Waals surface area contributed by atoms with E-state index in [4.69, 9.17) is 15.6 Å². The normalized spacial score (nSPS) is 22.0. The van der Waals surface area contributed by atoms with Crippen molar-refractivity contribution in [2.75, 3.05) is 32.9 Å². The molecule has 1 aliphatic rings.